The molecule has 1 heterocycles. The highest BCUT2D eigenvalue weighted by atomic mass is 35.7. The second-order valence-electron chi connectivity index (χ2n) is 5.70. The Bertz CT molecular complexity index is 593. The van der Waals surface area contributed by atoms with E-state index in [0.29, 0.717) is 18.2 Å². The molecule has 1 aromatic rings. The van der Waals surface area contributed by atoms with Crippen molar-refractivity contribution in [3.05, 3.63) is 18.0 Å². The van der Waals surface area contributed by atoms with Crippen LogP contribution in [0.2, 0.25) is 0 Å². The van der Waals surface area contributed by atoms with Crippen LogP contribution >= 0.6 is 10.7 Å². The minimum absolute atomic E-state index is 0.0264. The summed E-state index contributed by atoms with van der Waals surface area (Å²) in [6.45, 7) is 8.62. The van der Waals surface area contributed by atoms with E-state index in [0.717, 1.165) is 12.8 Å². The van der Waals surface area contributed by atoms with Gasteiger partial charge in [0.1, 0.15) is 10.6 Å². The Morgan fingerprint density at radius 2 is 2.00 bits per heavy atom. The fraction of sp³-hybridized carbons (Fsp3) is 0.643. The van der Waals surface area contributed by atoms with Crippen molar-refractivity contribution in [1.82, 2.24) is 9.88 Å². The first-order valence-electron chi connectivity index (χ1n) is 7.10. The first kappa shape index (κ1) is 18.0. The Morgan fingerprint density at radius 1 is 1.38 bits per heavy atom. The summed E-state index contributed by atoms with van der Waals surface area (Å²) in [4.78, 5) is 12.3. The first-order chi connectivity index (χ1) is 9.65. The summed E-state index contributed by atoms with van der Waals surface area (Å²) in [6, 6.07) is 1.36. The molecule has 1 atom stereocenters. The smallest absolute Gasteiger partial charge is 0.268 e. The number of halogens is 1. The second kappa shape index (κ2) is 7.31. The summed E-state index contributed by atoms with van der Waals surface area (Å²) in [6.07, 6.45) is 3.06. The molecule has 0 aliphatic rings. The molecule has 0 bridgehead atoms. The first-order valence-corrected chi connectivity index (χ1v) is 9.41. The fourth-order valence-corrected chi connectivity index (χ4v) is 3.06. The molecule has 0 radical (unpaired) electrons. The third-order valence-electron chi connectivity index (χ3n) is 3.05. The van der Waals surface area contributed by atoms with Crippen LogP contribution in [0.4, 0.5) is 0 Å². The number of carbonyl (C=O) groups is 1. The average molecular weight is 335 g/mol. The van der Waals surface area contributed by atoms with Crippen molar-refractivity contribution in [2.24, 2.45) is 5.92 Å². The van der Waals surface area contributed by atoms with Crippen molar-refractivity contribution in [1.29, 1.82) is 0 Å². The predicted molar refractivity (Wildman–Crippen MR) is 84.1 cm³/mol. The molecule has 0 saturated carbocycles. The van der Waals surface area contributed by atoms with Gasteiger partial charge in [-0.2, -0.15) is 0 Å². The van der Waals surface area contributed by atoms with Gasteiger partial charge in [-0.25, -0.2) is 8.42 Å². The zero-order valence-electron chi connectivity index (χ0n) is 12.9. The summed E-state index contributed by atoms with van der Waals surface area (Å²) >= 11 is 0. The molecule has 0 fully saturated rings. The number of rotatable bonds is 7. The predicted octanol–water partition coefficient (Wildman–Crippen LogP) is 2.99. The highest BCUT2D eigenvalue weighted by Crippen LogP contribution is 2.19. The standard InChI is InChI=1S/C14H23ClN2O3S/c1-5-6-17-9-12(21(15,19)20)8-13(17)14(18)16-11(4)7-10(2)3/h8-11H,5-7H2,1-4H3,(H,16,18). The lowest BCUT2D eigenvalue weighted by Crippen LogP contribution is -2.34. The average Bonchev–Trinajstić information content (AvgIpc) is 2.71. The molecular formula is C14H23ClN2O3S. The normalized spacial score (nSPS) is 13.4. The highest BCUT2D eigenvalue weighted by Gasteiger charge is 2.20. The highest BCUT2D eigenvalue weighted by molar-refractivity contribution is 8.13. The molecule has 0 aliphatic heterocycles. The van der Waals surface area contributed by atoms with Crippen LogP contribution in [0.1, 0.15) is 51.0 Å². The molecule has 0 spiro atoms. The summed E-state index contributed by atoms with van der Waals surface area (Å²) in [5.41, 5.74) is 0.326. The number of hydrogen-bond donors (Lipinski definition) is 1. The van der Waals surface area contributed by atoms with E-state index in [1.54, 1.807) is 4.57 Å². The molecule has 21 heavy (non-hydrogen) atoms. The van der Waals surface area contributed by atoms with Gasteiger partial charge in [0.15, 0.2) is 0 Å². The van der Waals surface area contributed by atoms with Crippen LogP contribution in [0.5, 0.6) is 0 Å². The van der Waals surface area contributed by atoms with Gasteiger partial charge >= 0.3 is 0 Å². The van der Waals surface area contributed by atoms with Crippen LogP contribution in [-0.4, -0.2) is 24.9 Å². The fourth-order valence-electron chi connectivity index (χ4n) is 2.30. The van der Waals surface area contributed by atoms with Crippen molar-refractivity contribution in [2.75, 3.05) is 0 Å². The third kappa shape index (κ3) is 5.36. The number of nitrogens with zero attached hydrogens (tertiary/aromatic N) is 1. The van der Waals surface area contributed by atoms with Crippen molar-refractivity contribution in [3.8, 4) is 0 Å². The van der Waals surface area contributed by atoms with Crippen LogP contribution in [0, 0.1) is 5.92 Å². The Balaban J connectivity index is 2.99. The number of nitrogens with one attached hydrogen (secondary N) is 1. The number of aromatic nitrogens is 1. The molecule has 1 rings (SSSR count). The molecule has 5 nitrogen and oxygen atoms in total. The van der Waals surface area contributed by atoms with Gasteiger partial charge in [0.25, 0.3) is 15.0 Å². The monoisotopic (exact) mass is 334 g/mol. The van der Waals surface area contributed by atoms with Gasteiger partial charge in [0, 0.05) is 29.5 Å². The topological polar surface area (TPSA) is 68.2 Å². The zero-order chi connectivity index (χ0) is 16.2. The molecule has 120 valence electrons. The Kier molecular flexibility index (Phi) is 6.28. The number of amides is 1. The van der Waals surface area contributed by atoms with Crippen molar-refractivity contribution >= 4 is 25.6 Å². The number of carbonyl (C=O) groups excluding carboxylic acids is 1. The van der Waals surface area contributed by atoms with E-state index in [-0.39, 0.29) is 16.8 Å². The van der Waals surface area contributed by atoms with Gasteiger partial charge in [-0.3, -0.25) is 4.79 Å². The van der Waals surface area contributed by atoms with E-state index in [4.69, 9.17) is 10.7 Å². The third-order valence-corrected chi connectivity index (χ3v) is 4.37. The van der Waals surface area contributed by atoms with Gasteiger partial charge in [0.05, 0.1) is 0 Å². The minimum Gasteiger partial charge on any atom is -0.348 e. The maximum Gasteiger partial charge on any atom is 0.268 e. The van der Waals surface area contributed by atoms with E-state index >= 15 is 0 Å². The summed E-state index contributed by atoms with van der Waals surface area (Å²) < 4.78 is 24.5. The Morgan fingerprint density at radius 3 is 2.48 bits per heavy atom. The number of aryl methyl sites for hydroxylation is 1. The molecule has 1 amide bonds. The van der Waals surface area contributed by atoms with Gasteiger partial charge in [-0.15, -0.1) is 0 Å². The molecule has 0 aliphatic carbocycles. The lowest BCUT2D eigenvalue weighted by Gasteiger charge is -2.16. The Hall–Kier alpha value is -1.01. The van der Waals surface area contributed by atoms with Gasteiger partial charge < -0.3 is 9.88 Å². The van der Waals surface area contributed by atoms with Crippen LogP contribution in [0.3, 0.4) is 0 Å². The van der Waals surface area contributed by atoms with Gasteiger partial charge in [-0.05, 0) is 31.7 Å². The van der Waals surface area contributed by atoms with Crippen LogP contribution in [-0.2, 0) is 15.6 Å². The number of hydrogen-bond acceptors (Lipinski definition) is 3. The van der Waals surface area contributed by atoms with E-state index in [9.17, 15) is 13.2 Å². The second-order valence-corrected chi connectivity index (χ2v) is 8.26. The van der Waals surface area contributed by atoms with E-state index in [2.05, 4.69) is 19.2 Å². The van der Waals surface area contributed by atoms with E-state index in [1.165, 1.54) is 12.3 Å². The van der Waals surface area contributed by atoms with Gasteiger partial charge in [-0.1, -0.05) is 20.8 Å². The lowest BCUT2D eigenvalue weighted by molar-refractivity contribution is 0.0926. The largest absolute Gasteiger partial charge is 0.348 e. The van der Waals surface area contributed by atoms with Crippen molar-refractivity contribution in [2.45, 2.75) is 58.0 Å². The van der Waals surface area contributed by atoms with Gasteiger partial charge in [0.2, 0.25) is 0 Å². The summed E-state index contributed by atoms with van der Waals surface area (Å²) in [5.74, 6) is 0.199. The quantitative estimate of drug-likeness (QED) is 0.779. The Labute approximate surface area is 131 Å². The molecule has 1 aromatic heterocycles. The van der Waals surface area contributed by atoms with E-state index in [1.807, 2.05) is 13.8 Å². The molecule has 1 unspecified atom stereocenters. The molecule has 0 aromatic carbocycles. The van der Waals surface area contributed by atoms with Crippen LogP contribution in [0.25, 0.3) is 0 Å². The SMILES string of the molecule is CCCn1cc(S(=O)(=O)Cl)cc1C(=O)NC(C)CC(C)C. The maximum absolute atomic E-state index is 12.3. The molecule has 0 saturated heterocycles. The summed E-state index contributed by atoms with van der Waals surface area (Å²) in [7, 11) is 1.52. The molecular weight excluding hydrogens is 312 g/mol. The molecule has 1 N–H and O–H groups in total. The van der Waals surface area contributed by atoms with E-state index < -0.39 is 9.05 Å². The minimum atomic E-state index is -3.83. The maximum atomic E-state index is 12.3. The van der Waals surface area contributed by atoms with Crippen LogP contribution < -0.4 is 5.32 Å². The summed E-state index contributed by atoms with van der Waals surface area (Å²) in [5, 5.41) is 2.89. The van der Waals surface area contributed by atoms with Crippen molar-refractivity contribution < 1.29 is 13.2 Å². The zero-order valence-corrected chi connectivity index (χ0v) is 14.5. The van der Waals surface area contributed by atoms with Crippen molar-refractivity contribution in [3.63, 3.8) is 0 Å². The molecule has 7 heteroatoms. The lowest BCUT2D eigenvalue weighted by atomic mass is 10.1. The van der Waals surface area contributed by atoms with Crippen LogP contribution in [0.15, 0.2) is 17.2 Å².